The van der Waals surface area contributed by atoms with E-state index >= 15 is 0 Å². The molecule has 9 nitrogen and oxygen atoms in total. The fraction of sp³-hybridized carbons (Fsp3) is 0.231. The van der Waals surface area contributed by atoms with E-state index in [2.05, 4.69) is 10.4 Å². The highest BCUT2D eigenvalue weighted by Gasteiger charge is 2.55. The van der Waals surface area contributed by atoms with Gasteiger partial charge in [-0.3, -0.25) is 14.5 Å². The summed E-state index contributed by atoms with van der Waals surface area (Å²) in [5, 5.41) is 8.64. The number of hydrogen-bond acceptors (Lipinski definition) is 6. The van der Waals surface area contributed by atoms with Gasteiger partial charge in [0, 0.05) is 6.42 Å². The first kappa shape index (κ1) is 21.2. The third kappa shape index (κ3) is 3.47. The minimum Gasteiger partial charge on any atom is -0.467 e. The molecule has 0 bridgehead atoms. The van der Waals surface area contributed by atoms with Crippen molar-refractivity contribution in [3.05, 3.63) is 89.8 Å². The number of hydrogen-bond donors (Lipinski definition) is 1. The molecular formula is C26H22N4O5. The minimum atomic E-state index is -1.11. The molecule has 176 valence electrons. The second kappa shape index (κ2) is 8.12. The Labute approximate surface area is 200 Å². The third-order valence-corrected chi connectivity index (χ3v) is 6.76. The number of carbonyl (C=O) groups excluding carboxylic acids is 3. The van der Waals surface area contributed by atoms with Crippen LogP contribution in [-0.4, -0.2) is 40.0 Å². The topological polar surface area (TPSA) is 108 Å². The molecule has 9 heteroatoms. The Hall–Kier alpha value is -4.40. The van der Waals surface area contributed by atoms with E-state index in [4.69, 9.17) is 8.83 Å². The van der Waals surface area contributed by atoms with E-state index in [0.717, 1.165) is 16.0 Å². The van der Waals surface area contributed by atoms with E-state index in [1.54, 1.807) is 36.6 Å². The number of urea groups is 1. The van der Waals surface area contributed by atoms with Crippen molar-refractivity contribution in [2.45, 2.75) is 30.8 Å². The highest BCUT2D eigenvalue weighted by molar-refractivity contribution is 6.10. The van der Waals surface area contributed by atoms with E-state index in [-0.39, 0.29) is 0 Å². The zero-order valence-electron chi connectivity index (χ0n) is 18.7. The number of fused-ring (bicyclic) bond motifs is 2. The van der Waals surface area contributed by atoms with Crippen molar-refractivity contribution in [1.82, 2.24) is 15.2 Å². The van der Waals surface area contributed by atoms with Crippen LogP contribution in [0.15, 0.2) is 81.1 Å². The van der Waals surface area contributed by atoms with Crippen LogP contribution in [0.3, 0.4) is 0 Å². The summed E-state index contributed by atoms with van der Waals surface area (Å²) < 4.78 is 10.9. The van der Waals surface area contributed by atoms with Crippen molar-refractivity contribution in [3.8, 4) is 0 Å². The smallest absolute Gasteiger partial charge is 0.325 e. The molecule has 0 radical (unpaired) electrons. The molecule has 3 aliphatic rings. The van der Waals surface area contributed by atoms with Crippen LogP contribution in [-0.2, 0) is 21.5 Å². The van der Waals surface area contributed by atoms with Crippen molar-refractivity contribution in [2.75, 3.05) is 6.54 Å². The molecule has 4 heterocycles. The van der Waals surface area contributed by atoms with Crippen LogP contribution in [0.1, 0.15) is 41.5 Å². The van der Waals surface area contributed by atoms with Gasteiger partial charge in [-0.2, -0.15) is 5.10 Å². The van der Waals surface area contributed by atoms with Gasteiger partial charge in [-0.25, -0.2) is 9.80 Å². The Balaban J connectivity index is 1.25. The van der Waals surface area contributed by atoms with Crippen molar-refractivity contribution < 1.29 is 23.2 Å². The van der Waals surface area contributed by atoms with Gasteiger partial charge in [0.05, 0.1) is 18.2 Å². The zero-order chi connectivity index (χ0) is 24.0. The lowest BCUT2D eigenvalue weighted by molar-refractivity contribution is -0.140. The quantitative estimate of drug-likeness (QED) is 0.573. The summed E-state index contributed by atoms with van der Waals surface area (Å²) in [6, 6.07) is 13.7. The van der Waals surface area contributed by atoms with Crippen molar-refractivity contribution in [2.24, 2.45) is 5.10 Å². The molecule has 2 unspecified atom stereocenters. The molecule has 3 aromatic rings. The molecular weight excluding hydrogens is 448 g/mol. The van der Waals surface area contributed by atoms with Crippen LogP contribution >= 0.6 is 0 Å². The molecule has 2 aromatic heterocycles. The number of allylic oxidation sites excluding steroid dienone is 1. The van der Waals surface area contributed by atoms with Gasteiger partial charge in [-0.15, -0.1) is 0 Å². The third-order valence-electron chi connectivity index (χ3n) is 6.76. The predicted octanol–water partition coefficient (Wildman–Crippen LogP) is 3.61. The Morgan fingerprint density at radius 2 is 1.91 bits per heavy atom. The van der Waals surface area contributed by atoms with Crippen LogP contribution in [0, 0.1) is 0 Å². The summed E-state index contributed by atoms with van der Waals surface area (Å²) in [5.74, 6) is 0.353. The maximum Gasteiger partial charge on any atom is 0.325 e. The first-order valence-corrected chi connectivity index (χ1v) is 11.4. The Kier molecular flexibility index (Phi) is 4.91. The molecule has 1 spiro atoms. The molecule has 1 aromatic carbocycles. The number of imide groups is 1. The summed E-state index contributed by atoms with van der Waals surface area (Å²) in [6.07, 6.45) is 8.24. The Bertz CT molecular complexity index is 1360. The number of rotatable bonds is 5. The molecule has 35 heavy (non-hydrogen) atoms. The van der Waals surface area contributed by atoms with E-state index in [9.17, 15) is 14.4 Å². The molecule has 2 atom stereocenters. The molecule has 4 amide bonds. The zero-order valence-corrected chi connectivity index (χ0v) is 18.7. The molecule has 2 aliphatic heterocycles. The normalized spacial score (nSPS) is 23.4. The van der Waals surface area contributed by atoms with Crippen LogP contribution in [0.25, 0.3) is 6.08 Å². The number of furan rings is 2. The maximum atomic E-state index is 13.5. The number of hydrazone groups is 1. The molecule has 6 rings (SSSR count). The fourth-order valence-electron chi connectivity index (χ4n) is 5.07. The lowest BCUT2D eigenvalue weighted by Crippen LogP contribution is -2.44. The number of amides is 4. The summed E-state index contributed by atoms with van der Waals surface area (Å²) in [6.45, 7) is -0.412. The van der Waals surface area contributed by atoms with Gasteiger partial charge in [0.25, 0.3) is 11.8 Å². The van der Waals surface area contributed by atoms with Crippen LogP contribution in [0.5, 0.6) is 0 Å². The average molecular weight is 470 g/mol. The second-order valence-electron chi connectivity index (χ2n) is 8.80. The van der Waals surface area contributed by atoms with Crippen LogP contribution < -0.4 is 5.32 Å². The van der Waals surface area contributed by atoms with Gasteiger partial charge < -0.3 is 14.2 Å². The number of aryl methyl sites for hydroxylation is 1. The first-order chi connectivity index (χ1) is 17.0. The van der Waals surface area contributed by atoms with Crippen molar-refractivity contribution in [3.63, 3.8) is 0 Å². The van der Waals surface area contributed by atoms with Gasteiger partial charge in [0.2, 0.25) is 0 Å². The van der Waals surface area contributed by atoms with Crippen LogP contribution in [0.4, 0.5) is 4.79 Å². The van der Waals surface area contributed by atoms with Gasteiger partial charge in [0.15, 0.2) is 0 Å². The predicted molar refractivity (Wildman–Crippen MR) is 125 cm³/mol. The SMILES string of the molecule is O=C1NC2(CCc3ccccc32)C(=O)N1CC(=O)N1N=C(C=Cc2ccco2)CC1c1ccco1. The van der Waals surface area contributed by atoms with Gasteiger partial charge >= 0.3 is 6.03 Å². The summed E-state index contributed by atoms with van der Waals surface area (Å²) in [4.78, 5) is 40.7. The van der Waals surface area contributed by atoms with Crippen molar-refractivity contribution >= 4 is 29.6 Å². The largest absolute Gasteiger partial charge is 0.467 e. The Morgan fingerprint density at radius 1 is 1.09 bits per heavy atom. The van der Waals surface area contributed by atoms with E-state index in [1.807, 2.05) is 30.3 Å². The monoisotopic (exact) mass is 470 g/mol. The molecule has 1 fully saturated rings. The number of benzene rings is 1. The van der Waals surface area contributed by atoms with Gasteiger partial charge in [-0.1, -0.05) is 24.3 Å². The number of nitrogens with one attached hydrogen (secondary N) is 1. The van der Waals surface area contributed by atoms with E-state index in [1.165, 1.54) is 11.3 Å². The van der Waals surface area contributed by atoms with Crippen molar-refractivity contribution in [1.29, 1.82) is 0 Å². The molecule has 0 saturated carbocycles. The first-order valence-electron chi connectivity index (χ1n) is 11.4. The van der Waals surface area contributed by atoms with Gasteiger partial charge in [-0.05, 0) is 60.4 Å². The van der Waals surface area contributed by atoms with Gasteiger partial charge in [0.1, 0.15) is 29.6 Å². The fourth-order valence-corrected chi connectivity index (χ4v) is 5.07. The molecule has 1 saturated heterocycles. The minimum absolute atomic E-state index is 0.406. The molecule has 1 N–H and O–H groups in total. The lowest BCUT2D eigenvalue weighted by Gasteiger charge is -2.24. The average Bonchev–Trinajstić information content (AvgIpc) is 3.68. The summed E-state index contributed by atoms with van der Waals surface area (Å²) in [5.41, 5.74) is 1.37. The summed E-state index contributed by atoms with van der Waals surface area (Å²) in [7, 11) is 0. The number of carbonyl (C=O) groups is 3. The standard InChI is InChI=1S/C26H22N4O5/c31-23(16-29-24(32)26(27-25(29)33)12-11-17-5-1-2-7-20(17)26)30-21(22-8-4-14-35-22)15-18(28-30)9-10-19-6-3-13-34-19/h1-10,13-14,21H,11-12,15-16H2,(H,27,33). The number of nitrogens with zero attached hydrogens (tertiary/aromatic N) is 3. The summed E-state index contributed by atoms with van der Waals surface area (Å²) >= 11 is 0. The maximum absolute atomic E-state index is 13.5. The van der Waals surface area contributed by atoms with E-state index < -0.39 is 36.0 Å². The lowest BCUT2D eigenvalue weighted by atomic mass is 9.92. The second-order valence-corrected chi connectivity index (χ2v) is 8.80. The highest BCUT2D eigenvalue weighted by atomic mass is 16.3. The Morgan fingerprint density at radius 3 is 2.71 bits per heavy atom. The highest BCUT2D eigenvalue weighted by Crippen LogP contribution is 2.41. The van der Waals surface area contributed by atoms with E-state index in [0.29, 0.717) is 36.5 Å². The molecule has 1 aliphatic carbocycles. The van der Waals surface area contributed by atoms with Crippen LogP contribution in [0.2, 0.25) is 0 Å².